The quantitative estimate of drug-likeness (QED) is 0.761. The minimum Gasteiger partial charge on any atom is -0.496 e. The van der Waals surface area contributed by atoms with E-state index in [4.69, 9.17) is 14.2 Å². The average molecular weight is 307 g/mol. The van der Waals surface area contributed by atoms with Crippen molar-refractivity contribution in [3.8, 4) is 17.2 Å². The fourth-order valence-corrected chi connectivity index (χ4v) is 2.83. The molecule has 1 N–H and O–H groups in total. The van der Waals surface area contributed by atoms with Crippen LogP contribution in [0.3, 0.4) is 0 Å². The van der Waals surface area contributed by atoms with Crippen molar-refractivity contribution in [1.82, 2.24) is 5.32 Å². The summed E-state index contributed by atoms with van der Waals surface area (Å²) in [4.78, 5) is 1.39. The average Bonchev–Trinajstić information content (AvgIpc) is 3.04. The Kier molecular flexibility index (Phi) is 5.90. The second-order valence-electron chi connectivity index (χ2n) is 4.53. The van der Waals surface area contributed by atoms with E-state index in [2.05, 4.69) is 22.8 Å². The largest absolute Gasteiger partial charge is 0.496 e. The van der Waals surface area contributed by atoms with Crippen LogP contribution in [0, 0.1) is 0 Å². The molecule has 2 aromatic rings. The lowest BCUT2D eigenvalue weighted by atomic mass is 10.1. The summed E-state index contributed by atoms with van der Waals surface area (Å²) in [5, 5.41) is 5.54. The Hall–Kier alpha value is -1.72. The third kappa shape index (κ3) is 4.12. The molecule has 2 rings (SSSR count). The molecule has 0 amide bonds. The number of ether oxygens (including phenoxy) is 3. The highest BCUT2D eigenvalue weighted by Crippen LogP contribution is 2.34. The van der Waals surface area contributed by atoms with Crippen LogP contribution in [0.15, 0.2) is 29.6 Å². The zero-order valence-electron chi connectivity index (χ0n) is 12.6. The molecule has 114 valence electrons. The van der Waals surface area contributed by atoms with Gasteiger partial charge in [-0.15, -0.1) is 11.3 Å². The summed E-state index contributed by atoms with van der Waals surface area (Å²) in [6.45, 7) is 1.66. The first-order valence-corrected chi connectivity index (χ1v) is 7.68. The van der Waals surface area contributed by atoms with Gasteiger partial charge < -0.3 is 19.5 Å². The van der Waals surface area contributed by atoms with Crippen LogP contribution in [0.5, 0.6) is 17.2 Å². The third-order valence-electron chi connectivity index (χ3n) is 3.23. The van der Waals surface area contributed by atoms with Crippen LogP contribution in [-0.2, 0) is 13.0 Å². The summed E-state index contributed by atoms with van der Waals surface area (Å²) in [6.07, 6.45) is 1.03. The van der Waals surface area contributed by atoms with E-state index in [-0.39, 0.29) is 0 Å². The molecule has 1 aromatic heterocycles. The first-order valence-electron chi connectivity index (χ1n) is 6.80. The van der Waals surface area contributed by atoms with Crippen LogP contribution in [0.1, 0.15) is 10.4 Å². The van der Waals surface area contributed by atoms with Gasteiger partial charge in [-0.2, -0.15) is 0 Å². The Morgan fingerprint density at radius 3 is 2.33 bits per heavy atom. The van der Waals surface area contributed by atoms with Crippen molar-refractivity contribution in [2.45, 2.75) is 13.0 Å². The van der Waals surface area contributed by atoms with Crippen molar-refractivity contribution in [3.05, 3.63) is 40.1 Å². The molecule has 0 saturated heterocycles. The monoisotopic (exact) mass is 307 g/mol. The summed E-state index contributed by atoms with van der Waals surface area (Å²) in [6, 6.07) is 8.05. The van der Waals surface area contributed by atoms with Gasteiger partial charge in [0.05, 0.1) is 21.3 Å². The van der Waals surface area contributed by atoms with Gasteiger partial charge in [-0.3, -0.25) is 0 Å². The molecule has 1 aromatic carbocycles. The van der Waals surface area contributed by atoms with Gasteiger partial charge in [0.2, 0.25) is 0 Å². The van der Waals surface area contributed by atoms with Gasteiger partial charge in [0, 0.05) is 29.6 Å². The number of methoxy groups -OCH3 is 3. The van der Waals surface area contributed by atoms with Crippen LogP contribution >= 0.6 is 11.3 Å². The van der Waals surface area contributed by atoms with Gasteiger partial charge in [0.1, 0.15) is 5.75 Å². The summed E-state index contributed by atoms with van der Waals surface area (Å²) in [5.41, 5.74) is 1.06. The standard InChI is InChI=1S/C16H21NO3S/c1-18-14-10-16(20-3)15(19-2)9-12(14)11-17-7-6-13-5-4-8-21-13/h4-5,8-10,17H,6-7,11H2,1-3H3. The number of rotatable bonds is 8. The van der Waals surface area contributed by atoms with Crippen LogP contribution in [0.4, 0.5) is 0 Å². The Balaban J connectivity index is 1.97. The maximum atomic E-state index is 5.42. The Morgan fingerprint density at radius 2 is 1.71 bits per heavy atom. The van der Waals surface area contributed by atoms with E-state index in [0.29, 0.717) is 11.5 Å². The molecule has 0 fully saturated rings. The zero-order chi connectivity index (χ0) is 15.1. The molecule has 5 heteroatoms. The van der Waals surface area contributed by atoms with Crippen LogP contribution in [-0.4, -0.2) is 27.9 Å². The topological polar surface area (TPSA) is 39.7 Å². The normalized spacial score (nSPS) is 10.4. The second kappa shape index (κ2) is 7.90. The predicted octanol–water partition coefficient (Wildman–Crippen LogP) is 3.11. The second-order valence-corrected chi connectivity index (χ2v) is 5.56. The number of thiophene rings is 1. The van der Waals surface area contributed by atoms with E-state index < -0.39 is 0 Å². The molecular formula is C16H21NO3S. The minimum absolute atomic E-state index is 0.677. The van der Waals surface area contributed by atoms with E-state index in [9.17, 15) is 0 Å². The molecule has 0 saturated carbocycles. The Morgan fingerprint density at radius 1 is 1.00 bits per heavy atom. The van der Waals surface area contributed by atoms with E-state index in [0.717, 1.165) is 30.8 Å². The van der Waals surface area contributed by atoms with E-state index in [1.807, 2.05) is 12.1 Å². The molecule has 0 unspecified atom stereocenters. The van der Waals surface area contributed by atoms with Crippen molar-refractivity contribution in [1.29, 1.82) is 0 Å². The van der Waals surface area contributed by atoms with Gasteiger partial charge in [-0.05, 0) is 23.9 Å². The van der Waals surface area contributed by atoms with E-state index in [1.165, 1.54) is 4.88 Å². The lowest BCUT2D eigenvalue weighted by Gasteiger charge is -2.14. The molecule has 21 heavy (non-hydrogen) atoms. The first-order chi connectivity index (χ1) is 10.3. The molecule has 0 aliphatic rings. The SMILES string of the molecule is COc1cc(OC)c(OC)cc1CNCCc1cccs1. The third-order valence-corrected chi connectivity index (χ3v) is 4.17. The van der Waals surface area contributed by atoms with Crippen LogP contribution in [0.25, 0.3) is 0 Å². The van der Waals surface area contributed by atoms with Crippen molar-refractivity contribution in [2.75, 3.05) is 27.9 Å². The molecular weight excluding hydrogens is 286 g/mol. The number of benzene rings is 1. The lowest BCUT2D eigenvalue weighted by Crippen LogP contribution is -2.17. The summed E-state index contributed by atoms with van der Waals surface area (Å²) >= 11 is 1.79. The van der Waals surface area contributed by atoms with Crippen LogP contribution < -0.4 is 19.5 Å². The van der Waals surface area contributed by atoms with Crippen molar-refractivity contribution in [3.63, 3.8) is 0 Å². The molecule has 0 aliphatic carbocycles. The highest BCUT2D eigenvalue weighted by molar-refractivity contribution is 7.09. The summed E-state index contributed by atoms with van der Waals surface area (Å²) in [7, 11) is 4.92. The zero-order valence-corrected chi connectivity index (χ0v) is 13.5. The maximum absolute atomic E-state index is 5.42. The first kappa shape index (κ1) is 15.7. The highest BCUT2D eigenvalue weighted by atomic mass is 32.1. The number of hydrogen-bond acceptors (Lipinski definition) is 5. The van der Waals surface area contributed by atoms with E-state index >= 15 is 0 Å². The van der Waals surface area contributed by atoms with Crippen LogP contribution in [0.2, 0.25) is 0 Å². The van der Waals surface area contributed by atoms with Gasteiger partial charge in [0.15, 0.2) is 11.5 Å². The molecule has 0 atom stereocenters. The molecule has 0 bridgehead atoms. The minimum atomic E-state index is 0.677. The molecule has 1 heterocycles. The summed E-state index contributed by atoms with van der Waals surface area (Å²) in [5.74, 6) is 2.20. The van der Waals surface area contributed by atoms with Gasteiger partial charge in [-0.25, -0.2) is 0 Å². The van der Waals surface area contributed by atoms with Gasteiger partial charge in [-0.1, -0.05) is 6.07 Å². The van der Waals surface area contributed by atoms with Crippen molar-refractivity contribution < 1.29 is 14.2 Å². The molecule has 0 aliphatic heterocycles. The van der Waals surface area contributed by atoms with Crippen molar-refractivity contribution in [2.24, 2.45) is 0 Å². The highest BCUT2D eigenvalue weighted by Gasteiger charge is 2.11. The number of hydrogen-bond donors (Lipinski definition) is 1. The lowest BCUT2D eigenvalue weighted by molar-refractivity contribution is 0.347. The fraction of sp³-hybridized carbons (Fsp3) is 0.375. The Bertz CT molecular complexity index is 555. The van der Waals surface area contributed by atoms with Gasteiger partial charge in [0.25, 0.3) is 0 Å². The predicted molar refractivity (Wildman–Crippen MR) is 85.8 cm³/mol. The fourth-order valence-electron chi connectivity index (χ4n) is 2.12. The maximum Gasteiger partial charge on any atom is 0.164 e. The molecule has 4 nitrogen and oxygen atoms in total. The molecule has 0 spiro atoms. The summed E-state index contributed by atoms with van der Waals surface area (Å²) < 4.78 is 16.0. The van der Waals surface area contributed by atoms with E-state index in [1.54, 1.807) is 32.7 Å². The Labute approximate surface area is 129 Å². The van der Waals surface area contributed by atoms with Gasteiger partial charge >= 0.3 is 0 Å². The van der Waals surface area contributed by atoms with Crippen molar-refractivity contribution >= 4 is 11.3 Å². The number of nitrogens with one attached hydrogen (secondary N) is 1. The molecule has 0 radical (unpaired) electrons. The smallest absolute Gasteiger partial charge is 0.164 e.